The van der Waals surface area contributed by atoms with E-state index < -0.39 is 0 Å². The predicted molar refractivity (Wildman–Crippen MR) is 134 cm³/mol. The lowest BCUT2D eigenvalue weighted by Crippen LogP contribution is -2.46. The molecule has 0 radical (unpaired) electrons. The van der Waals surface area contributed by atoms with E-state index in [1.165, 1.54) is 5.56 Å². The molecule has 2 heterocycles. The number of ether oxygens (including phenoxy) is 1. The standard InChI is InChI=1S/C28H28N2O3S/c1-20(31)22-7-9-25-27(17-22)34-28-18-23(8-10-26(28)33-25)24(32)11-12-29-13-15-30(16-14-29)19-21-5-3-2-4-6-21/h2-10,17-18H,11-16,19H2,1H3. The first-order chi connectivity index (χ1) is 16.5. The lowest BCUT2D eigenvalue weighted by atomic mass is 10.1. The van der Waals surface area contributed by atoms with Crippen molar-refractivity contribution in [2.75, 3.05) is 32.7 Å². The molecule has 34 heavy (non-hydrogen) atoms. The number of hydrogen-bond donors (Lipinski definition) is 0. The van der Waals surface area contributed by atoms with Crippen LogP contribution in [0, 0.1) is 0 Å². The van der Waals surface area contributed by atoms with E-state index in [2.05, 4.69) is 40.1 Å². The maximum atomic E-state index is 12.9. The molecule has 2 aliphatic rings. The quantitative estimate of drug-likeness (QED) is 0.329. The summed E-state index contributed by atoms with van der Waals surface area (Å²) in [7, 11) is 0. The first-order valence-corrected chi connectivity index (χ1v) is 12.5. The molecule has 0 atom stereocenters. The van der Waals surface area contributed by atoms with Gasteiger partial charge < -0.3 is 9.64 Å². The molecule has 174 valence electrons. The van der Waals surface area contributed by atoms with Gasteiger partial charge in [0.1, 0.15) is 11.5 Å². The van der Waals surface area contributed by atoms with Crippen molar-refractivity contribution in [3.05, 3.63) is 83.4 Å². The highest BCUT2D eigenvalue weighted by Gasteiger charge is 2.22. The van der Waals surface area contributed by atoms with Crippen LogP contribution in [0.4, 0.5) is 0 Å². The molecule has 1 saturated heterocycles. The van der Waals surface area contributed by atoms with Crippen molar-refractivity contribution in [3.63, 3.8) is 0 Å². The number of fused-ring (bicyclic) bond motifs is 2. The summed E-state index contributed by atoms with van der Waals surface area (Å²) in [4.78, 5) is 31.3. The van der Waals surface area contributed by atoms with Gasteiger partial charge in [-0.25, -0.2) is 0 Å². The van der Waals surface area contributed by atoms with E-state index >= 15 is 0 Å². The summed E-state index contributed by atoms with van der Waals surface area (Å²) >= 11 is 1.55. The number of ketones is 2. The Bertz CT molecular complexity index is 1200. The third-order valence-corrected chi connectivity index (χ3v) is 7.50. The molecule has 0 aliphatic carbocycles. The van der Waals surface area contributed by atoms with Crippen LogP contribution in [0.1, 0.15) is 39.6 Å². The van der Waals surface area contributed by atoms with Crippen molar-refractivity contribution in [2.24, 2.45) is 0 Å². The number of piperazine rings is 1. The van der Waals surface area contributed by atoms with E-state index in [1.807, 2.05) is 30.3 Å². The lowest BCUT2D eigenvalue weighted by Gasteiger charge is -2.34. The van der Waals surface area contributed by atoms with Crippen molar-refractivity contribution in [1.82, 2.24) is 9.80 Å². The van der Waals surface area contributed by atoms with Gasteiger partial charge in [0.2, 0.25) is 0 Å². The molecule has 3 aromatic rings. The van der Waals surface area contributed by atoms with Crippen LogP contribution in [0.15, 0.2) is 76.5 Å². The Balaban J connectivity index is 1.15. The van der Waals surface area contributed by atoms with Gasteiger partial charge in [-0.2, -0.15) is 0 Å². The van der Waals surface area contributed by atoms with Crippen LogP contribution in [0.2, 0.25) is 0 Å². The molecule has 0 spiro atoms. The molecular formula is C28H28N2O3S. The minimum atomic E-state index is 0.0269. The number of nitrogens with zero attached hydrogens (tertiary/aromatic N) is 2. The summed E-state index contributed by atoms with van der Waals surface area (Å²) in [5.41, 5.74) is 2.72. The predicted octanol–water partition coefficient (Wildman–Crippen LogP) is 5.54. The van der Waals surface area contributed by atoms with Crippen molar-refractivity contribution in [2.45, 2.75) is 29.7 Å². The zero-order valence-corrected chi connectivity index (χ0v) is 20.1. The smallest absolute Gasteiger partial charge is 0.164 e. The van der Waals surface area contributed by atoms with Crippen molar-refractivity contribution in [1.29, 1.82) is 0 Å². The number of Topliss-reactive ketones (excluding diaryl/α,β-unsaturated/α-hetero) is 2. The number of carbonyl (C=O) groups is 2. The Morgan fingerprint density at radius 1 is 0.824 bits per heavy atom. The maximum absolute atomic E-state index is 12.9. The van der Waals surface area contributed by atoms with Crippen LogP contribution in [0.3, 0.4) is 0 Å². The zero-order chi connectivity index (χ0) is 23.5. The summed E-state index contributed by atoms with van der Waals surface area (Å²) in [5, 5.41) is 0. The van der Waals surface area contributed by atoms with Crippen molar-refractivity contribution >= 4 is 23.3 Å². The van der Waals surface area contributed by atoms with Crippen LogP contribution in [0.25, 0.3) is 0 Å². The molecule has 0 amide bonds. The fourth-order valence-electron chi connectivity index (χ4n) is 4.39. The molecule has 5 nitrogen and oxygen atoms in total. The van der Waals surface area contributed by atoms with Gasteiger partial charge in [0, 0.05) is 56.8 Å². The number of rotatable bonds is 7. The first kappa shape index (κ1) is 22.8. The second kappa shape index (κ2) is 10.1. The number of benzene rings is 3. The Labute approximate surface area is 204 Å². The summed E-state index contributed by atoms with van der Waals surface area (Å²) in [6.45, 7) is 7.36. The number of carbonyl (C=O) groups excluding carboxylic acids is 2. The van der Waals surface area contributed by atoms with Gasteiger partial charge in [-0.3, -0.25) is 14.5 Å². The molecule has 0 bridgehead atoms. The average Bonchev–Trinajstić information content (AvgIpc) is 2.86. The van der Waals surface area contributed by atoms with Gasteiger partial charge in [0.25, 0.3) is 0 Å². The lowest BCUT2D eigenvalue weighted by molar-refractivity contribution is 0.0922. The molecular weight excluding hydrogens is 444 g/mol. The highest BCUT2D eigenvalue weighted by atomic mass is 32.2. The van der Waals surface area contributed by atoms with E-state index in [1.54, 1.807) is 24.8 Å². The van der Waals surface area contributed by atoms with Gasteiger partial charge in [-0.15, -0.1) is 0 Å². The van der Waals surface area contributed by atoms with Crippen LogP contribution in [-0.2, 0) is 6.54 Å². The summed E-state index contributed by atoms with van der Waals surface area (Å²) < 4.78 is 6.00. The molecule has 6 heteroatoms. The molecule has 1 fully saturated rings. The van der Waals surface area contributed by atoms with Gasteiger partial charge in [0.05, 0.1) is 9.79 Å². The fraction of sp³-hybridized carbons (Fsp3) is 0.286. The van der Waals surface area contributed by atoms with Gasteiger partial charge in [-0.05, 0) is 48.9 Å². The van der Waals surface area contributed by atoms with E-state index in [9.17, 15) is 9.59 Å². The van der Waals surface area contributed by atoms with E-state index in [4.69, 9.17) is 4.74 Å². The van der Waals surface area contributed by atoms with Crippen LogP contribution >= 0.6 is 11.8 Å². The Morgan fingerprint density at radius 3 is 2.12 bits per heavy atom. The van der Waals surface area contributed by atoms with Crippen molar-refractivity contribution < 1.29 is 14.3 Å². The topological polar surface area (TPSA) is 49.9 Å². The molecule has 3 aromatic carbocycles. The van der Waals surface area contributed by atoms with Crippen LogP contribution in [-0.4, -0.2) is 54.1 Å². The molecule has 2 aliphatic heterocycles. The van der Waals surface area contributed by atoms with E-state index in [0.29, 0.717) is 17.5 Å². The molecule has 0 saturated carbocycles. The summed E-state index contributed by atoms with van der Waals surface area (Å²) in [6, 6.07) is 21.7. The molecule has 0 unspecified atom stereocenters. The largest absolute Gasteiger partial charge is 0.455 e. The fourth-order valence-corrected chi connectivity index (χ4v) is 5.42. The van der Waals surface area contributed by atoms with Gasteiger partial charge in [-0.1, -0.05) is 42.1 Å². The third-order valence-electron chi connectivity index (χ3n) is 6.42. The molecule has 0 N–H and O–H groups in total. The highest BCUT2D eigenvalue weighted by molar-refractivity contribution is 7.99. The van der Waals surface area contributed by atoms with E-state index in [0.717, 1.165) is 60.6 Å². The SMILES string of the molecule is CC(=O)c1ccc2c(c1)Sc1cc(C(=O)CCN3CCN(Cc4ccccc4)CC3)ccc1O2. The van der Waals surface area contributed by atoms with Crippen LogP contribution in [0.5, 0.6) is 11.5 Å². The second-order valence-corrected chi connectivity index (χ2v) is 9.94. The maximum Gasteiger partial charge on any atom is 0.164 e. The first-order valence-electron chi connectivity index (χ1n) is 11.7. The number of hydrogen-bond acceptors (Lipinski definition) is 6. The monoisotopic (exact) mass is 472 g/mol. The van der Waals surface area contributed by atoms with Crippen LogP contribution < -0.4 is 4.74 Å². The van der Waals surface area contributed by atoms with Crippen molar-refractivity contribution in [3.8, 4) is 11.5 Å². The zero-order valence-electron chi connectivity index (χ0n) is 19.3. The minimum absolute atomic E-state index is 0.0269. The average molecular weight is 473 g/mol. The molecule has 0 aromatic heterocycles. The minimum Gasteiger partial charge on any atom is -0.455 e. The Kier molecular flexibility index (Phi) is 6.81. The Hall–Kier alpha value is -2.93. The van der Waals surface area contributed by atoms with Gasteiger partial charge >= 0.3 is 0 Å². The third kappa shape index (κ3) is 5.25. The highest BCUT2D eigenvalue weighted by Crippen LogP contribution is 2.47. The normalized spacial score (nSPS) is 15.8. The molecule has 5 rings (SSSR count). The summed E-state index contributed by atoms with van der Waals surface area (Å²) in [6.07, 6.45) is 0.508. The second-order valence-electron chi connectivity index (χ2n) is 8.86. The summed E-state index contributed by atoms with van der Waals surface area (Å²) in [5.74, 6) is 1.67. The van der Waals surface area contributed by atoms with E-state index in [-0.39, 0.29) is 11.6 Å². The van der Waals surface area contributed by atoms with Gasteiger partial charge in [0.15, 0.2) is 11.6 Å². The Morgan fingerprint density at radius 2 is 1.44 bits per heavy atom.